The molecule has 0 N–H and O–H groups in total. The van der Waals surface area contributed by atoms with Crippen molar-refractivity contribution in [3.8, 4) is 0 Å². The summed E-state index contributed by atoms with van der Waals surface area (Å²) in [5.41, 5.74) is 2.07. The number of oxazole rings is 1. The molecule has 7 heteroatoms. The van der Waals surface area contributed by atoms with Crippen molar-refractivity contribution in [3.05, 3.63) is 54.0 Å². The third-order valence-corrected chi connectivity index (χ3v) is 4.33. The minimum Gasteiger partial charge on any atom is -0.422 e. The van der Waals surface area contributed by atoms with Gasteiger partial charge in [0.25, 0.3) is 6.01 Å². The van der Waals surface area contributed by atoms with Gasteiger partial charge in [-0.05, 0) is 29.8 Å². The molecule has 0 bridgehead atoms. The first-order valence-electron chi connectivity index (χ1n) is 8.18. The fourth-order valence-electron chi connectivity index (χ4n) is 2.93. The van der Waals surface area contributed by atoms with Crippen molar-refractivity contribution in [2.24, 2.45) is 0 Å². The molecular weight excluding hydrogens is 323 g/mol. The Balaban J connectivity index is 1.37. The van der Waals surface area contributed by atoms with Crippen molar-refractivity contribution in [1.82, 2.24) is 14.9 Å². The maximum Gasteiger partial charge on any atom is 0.300 e. The van der Waals surface area contributed by atoms with Gasteiger partial charge >= 0.3 is 0 Å². The number of halogens is 1. The van der Waals surface area contributed by atoms with Crippen LogP contribution in [0.2, 0.25) is 0 Å². The Hall–Kier alpha value is -2.96. The number of pyridine rings is 1. The van der Waals surface area contributed by atoms with E-state index in [-0.39, 0.29) is 18.1 Å². The van der Waals surface area contributed by atoms with E-state index in [0.717, 1.165) is 5.56 Å². The number of amides is 1. The molecule has 128 valence electrons. The van der Waals surface area contributed by atoms with Crippen molar-refractivity contribution in [1.29, 1.82) is 0 Å². The quantitative estimate of drug-likeness (QED) is 0.732. The zero-order valence-corrected chi connectivity index (χ0v) is 13.6. The van der Waals surface area contributed by atoms with E-state index >= 15 is 0 Å². The van der Waals surface area contributed by atoms with Crippen molar-refractivity contribution in [3.63, 3.8) is 0 Å². The van der Waals surface area contributed by atoms with Gasteiger partial charge in [0.2, 0.25) is 11.6 Å². The lowest BCUT2D eigenvalue weighted by Gasteiger charge is -2.33. The maximum absolute atomic E-state index is 12.9. The summed E-state index contributed by atoms with van der Waals surface area (Å²) in [6, 6.07) is 10.2. The number of rotatable bonds is 3. The highest BCUT2D eigenvalue weighted by molar-refractivity contribution is 5.79. The van der Waals surface area contributed by atoms with Crippen molar-refractivity contribution >= 4 is 23.2 Å². The van der Waals surface area contributed by atoms with Crippen LogP contribution in [0.15, 0.2) is 47.0 Å². The number of aromatic nitrogens is 2. The summed E-state index contributed by atoms with van der Waals surface area (Å²) in [6.07, 6.45) is 1.97. The Morgan fingerprint density at radius 3 is 2.60 bits per heavy atom. The Morgan fingerprint density at radius 2 is 1.88 bits per heavy atom. The van der Waals surface area contributed by atoms with Crippen LogP contribution < -0.4 is 4.90 Å². The summed E-state index contributed by atoms with van der Waals surface area (Å²) in [5.74, 6) is -0.247. The van der Waals surface area contributed by atoms with Gasteiger partial charge in [0.15, 0.2) is 5.58 Å². The van der Waals surface area contributed by atoms with E-state index in [0.29, 0.717) is 43.4 Å². The molecule has 0 aliphatic carbocycles. The maximum atomic E-state index is 12.9. The van der Waals surface area contributed by atoms with Crippen molar-refractivity contribution < 1.29 is 13.6 Å². The molecule has 1 aromatic carbocycles. The molecule has 1 aliphatic rings. The number of hydrogen-bond donors (Lipinski definition) is 0. The number of hydrogen-bond acceptors (Lipinski definition) is 5. The number of nitrogens with zero attached hydrogens (tertiary/aromatic N) is 4. The lowest BCUT2D eigenvalue weighted by Crippen LogP contribution is -2.49. The summed E-state index contributed by atoms with van der Waals surface area (Å²) in [4.78, 5) is 24.8. The summed E-state index contributed by atoms with van der Waals surface area (Å²) in [6.45, 7) is 2.52. The molecule has 1 saturated heterocycles. The highest BCUT2D eigenvalue weighted by atomic mass is 19.1. The molecule has 0 spiro atoms. The normalized spacial score (nSPS) is 14.9. The van der Waals surface area contributed by atoms with Crippen molar-refractivity contribution in [2.75, 3.05) is 31.1 Å². The van der Waals surface area contributed by atoms with Gasteiger partial charge in [-0.2, -0.15) is 4.98 Å². The zero-order chi connectivity index (χ0) is 17.2. The first-order chi connectivity index (χ1) is 12.2. The predicted molar refractivity (Wildman–Crippen MR) is 90.7 cm³/mol. The van der Waals surface area contributed by atoms with E-state index in [2.05, 4.69) is 9.97 Å². The van der Waals surface area contributed by atoms with E-state index in [1.165, 1.54) is 12.1 Å². The van der Waals surface area contributed by atoms with Gasteiger partial charge in [0, 0.05) is 32.4 Å². The molecule has 0 radical (unpaired) electrons. The lowest BCUT2D eigenvalue weighted by molar-refractivity contribution is -0.130. The first kappa shape index (κ1) is 15.6. The molecule has 25 heavy (non-hydrogen) atoms. The Kier molecular flexibility index (Phi) is 4.05. The number of benzene rings is 1. The average molecular weight is 340 g/mol. The van der Waals surface area contributed by atoms with Crippen LogP contribution in [0.4, 0.5) is 10.4 Å². The Morgan fingerprint density at radius 1 is 1.12 bits per heavy atom. The highest BCUT2D eigenvalue weighted by Gasteiger charge is 2.24. The second kappa shape index (κ2) is 6.51. The highest BCUT2D eigenvalue weighted by Crippen LogP contribution is 2.21. The van der Waals surface area contributed by atoms with Crippen LogP contribution in [-0.2, 0) is 11.2 Å². The second-order valence-electron chi connectivity index (χ2n) is 5.99. The SMILES string of the molecule is O=C(Cc1ccc(F)cc1)N1CCN(c2nc3ncccc3o2)CC1. The third kappa shape index (κ3) is 3.31. The van der Waals surface area contributed by atoms with Crippen LogP contribution in [0.5, 0.6) is 0 Å². The summed E-state index contributed by atoms with van der Waals surface area (Å²) < 4.78 is 18.7. The lowest BCUT2D eigenvalue weighted by atomic mass is 10.1. The van der Waals surface area contributed by atoms with Gasteiger partial charge in [0.05, 0.1) is 6.42 Å². The van der Waals surface area contributed by atoms with Gasteiger partial charge in [-0.1, -0.05) is 12.1 Å². The second-order valence-corrected chi connectivity index (χ2v) is 5.99. The van der Waals surface area contributed by atoms with E-state index < -0.39 is 0 Å². The van der Waals surface area contributed by atoms with E-state index in [9.17, 15) is 9.18 Å². The van der Waals surface area contributed by atoms with E-state index in [1.807, 2.05) is 21.9 Å². The number of anilines is 1. The third-order valence-electron chi connectivity index (χ3n) is 4.33. The molecule has 0 unspecified atom stereocenters. The largest absolute Gasteiger partial charge is 0.422 e. The molecule has 2 aromatic heterocycles. The van der Waals surface area contributed by atoms with Crippen LogP contribution in [0, 0.1) is 5.82 Å². The molecule has 0 atom stereocenters. The Bertz CT molecular complexity index is 852. The summed E-state index contributed by atoms with van der Waals surface area (Å²) in [5, 5.41) is 0. The molecule has 0 saturated carbocycles. The predicted octanol–water partition coefficient (Wildman–Crippen LogP) is 2.25. The standard InChI is InChI=1S/C18H17FN4O2/c19-14-5-3-13(4-6-14)12-16(24)22-8-10-23(11-9-22)18-21-17-15(25-18)2-1-7-20-17/h1-7H,8-12H2. The van der Waals surface area contributed by atoms with Crippen LogP contribution in [0.1, 0.15) is 5.56 Å². The van der Waals surface area contributed by atoms with E-state index in [4.69, 9.17) is 4.42 Å². The van der Waals surface area contributed by atoms with E-state index in [1.54, 1.807) is 18.3 Å². The van der Waals surface area contributed by atoms with Gasteiger partial charge in [-0.3, -0.25) is 4.79 Å². The zero-order valence-electron chi connectivity index (χ0n) is 13.6. The van der Waals surface area contributed by atoms with Crippen LogP contribution in [-0.4, -0.2) is 47.0 Å². The fourth-order valence-corrected chi connectivity index (χ4v) is 2.93. The average Bonchev–Trinajstić information content (AvgIpc) is 3.08. The first-order valence-corrected chi connectivity index (χ1v) is 8.18. The van der Waals surface area contributed by atoms with Crippen LogP contribution in [0.3, 0.4) is 0 Å². The van der Waals surface area contributed by atoms with Gasteiger partial charge < -0.3 is 14.2 Å². The topological polar surface area (TPSA) is 62.5 Å². The molecule has 4 rings (SSSR count). The molecule has 1 aliphatic heterocycles. The molecule has 6 nitrogen and oxygen atoms in total. The minimum atomic E-state index is -0.294. The monoisotopic (exact) mass is 340 g/mol. The van der Waals surface area contributed by atoms with Gasteiger partial charge in [-0.25, -0.2) is 9.37 Å². The van der Waals surface area contributed by atoms with Gasteiger partial charge in [0.1, 0.15) is 5.82 Å². The van der Waals surface area contributed by atoms with Crippen LogP contribution >= 0.6 is 0 Å². The molecule has 3 aromatic rings. The number of fused-ring (bicyclic) bond motifs is 1. The summed E-state index contributed by atoms with van der Waals surface area (Å²) >= 11 is 0. The summed E-state index contributed by atoms with van der Waals surface area (Å²) in [7, 11) is 0. The fraction of sp³-hybridized carbons (Fsp3) is 0.278. The molecule has 1 amide bonds. The van der Waals surface area contributed by atoms with Crippen molar-refractivity contribution in [2.45, 2.75) is 6.42 Å². The number of piperazine rings is 1. The minimum absolute atomic E-state index is 0.0468. The van der Waals surface area contributed by atoms with Crippen LogP contribution in [0.25, 0.3) is 11.2 Å². The smallest absolute Gasteiger partial charge is 0.300 e. The van der Waals surface area contributed by atoms with Gasteiger partial charge in [-0.15, -0.1) is 0 Å². The Labute approximate surface area is 143 Å². The molecular formula is C18H17FN4O2. The molecule has 3 heterocycles. The molecule has 1 fully saturated rings. The number of carbonyl (C=O) groups excluding carboxylic acids is 1. The number of carbonyl (C=O) groups is 1.